The third-order valence-corrected chi connectivity index (χ3v) is 1.90. The maximum Gasteiger partial charge on any atom is 0.151 e. The number of nitrogens with zero attached hydrogens (tertiary/aromatic N) is 2. The van der Waals surface area contributed by atoms with Gasteiger partial charge in [-0.15, -0.1) is 5.10 Å². The maximum absolute atomic E-state index is 5.61. The van der Waals surface area contributed by atoms with Gasteiger partial charge in [0.15, 0.2) is 5.15 Å². The van der Waals surface area contributed by atoms with Crippen molar-refractivity contribution in [2.75, 3.05) is 13.2 Å². The molecule has 1 aromatic heterocycles. The Labute approximate surface area is 101 Å². The van der Waals surface area contributed by atoms with Crippen molar-refractivity contribution in [1.82, 2.24) is 10.2 Å². The van der Waals surface area contributed by atoms with E-state index in [4.69, 9.17) is 21.1 Å². The fourth-order valence-electron chi connectivity index (χ4n) is 1.00. The molecule has 5 heteroatoms. The zero-order valence-electron chi connectivity index (χ0n) is 9.86. The normalized spacial score (nSPS) is 11.8. The first kappa shape index (κ1) is 13.4. The molecular weight excluding hydrogens is 228 g/mol. The molecule has 0 bridgehead atoms. The van der Waals surface area contributed by atoms with E-state index in [0.29, 0.717) is 25.0 Å². The van der Waals surface area contributed by atoms with Gasteiger partial charge in [0.25, 0.3) is 0 Å². The molecule has 0 aliphatic rings. The van der Waals surface area contributed by atoms with E-state index in [1.165, 1.54) is 0 Å². The Kier molecular flexibility index (Phi) is 5.12. The third-order valence-electron chi connectivity index (χ3n) is 1.70. The highest BCUT2D eigenvalue weighted by Crippen LogP contribution is 2.06. The molecule has 1 aromatic rings. The topological polar surface area (TPSA) is 44.2 Å². The molecule has 0 atom stereocenters. The van der Waals surface area contributed by atoms with Crippen LogP contribution in [0.25, 0.3) is 0 Å². The Bertz CT molecular complexity index is 309. The zero-order valence-corrected chi connectivity index (χ0v) is 10.6. The second-order valence-electron chi connectivity index (χ2n) is 4.36. The van der Waals surface area contributed by atoms with Crippen molar-refractivity contribution in [2.24, 2.45) is 0 Å². The van der Waals surface area contributed by atoms with Crippen molar-refractivity contribution in [3.8, 4) is 0 Å². The average Bonchev–Trinajstić information content (AvgIpc) is 2.19. The second kappa shape index (κ2) is 6.13. The number of rotatable bonds is 5. The molecule has 0 saturated heterocycles. The minimum absolute atomic E-state index is 0.122. The average molecular weight is 245 g/mol. The van der Waals surface area contributed by atoms with Gasteiger partial charge in [0.2, 0.25) is 0 Å². The van der Waals surface area contributed by atoms with Crippen LogP contribution >= 0.6 is 11.6 Å². The quantitative estimate of drug-likeness (QED) is 0.747. The lowest BCUT2D eigenvalue weighted by atomic mass is 10.2. The van der Waals surface area contributed by atoms with Crippen LogP contribution in [0.5, 0.6) is 0 Å². The third kappa shape index (κ3) is 6.00. The van der Waals surface area contributed by atoms with Gasteiger partial charge in [-0.2, -0.15) is 5.10 Å². The zero-order chi connectivity index (χ0) is 12.0. The highest BCUT2D eigenvalue weighted by atomic mass is 35.5. The van der Waals surface area contributed by atoms with Crippen LogP contribution in [-0.2, 0) is 16.1 Å². The van der Waals surface area contributed by atoms with Crippen molar-refractivity contribution < 1.29 is 9.47 Å². The molecule has 0 aliphatic carbocycles. The molecule has 0 N–H and O–H groups in total. The van der Waals surface area contributed by atoms with Crippen LogP contribution in [0.4, 0.5) is 0 Å². The van der Waals surface area contributed by atoms with E-state index in [1.54, 1.807) is 12.1 Å². The summed E-state index contributed by atoms with van der Waals surface area (Å²) in [6, 6.07) is 3.48. The smallest absolute Gasteiger partial charge is 0.151 e. The minimum atomic E-state index is -0.122. The van der Waals surface area contributed by atoms with Crippen molar-refractivity contribution in [3.63, 3.8) is 0 Å². The summed E-state index contributed by atoms with van der Waals surface area (Å²) in [6.45, 7) is 7.58. The van der Waals surface area contributed by atoms with E-state index in [-0.39, 0.29) is 5.60 Å². The summed E-state index contributed by atoms with van der Waals surface area (Å²) in [4.78, 5) is 0. The standard InChI is InChI=1S/C11H17ClN2O2/c1-11(2,3)16-7-6-15-8-9-4-5-10(12)14-13-9/h4-5H,6-8H2,1-3H3. The number of hydrogen-bond acceptors (Lipinski definition) is 4. The summed E-state index contributed by atoms with van der Waals surface area (Å²) in [5.41, 5.74) is 0.642. The predicted octanol–water partition coefficient (Wildman–Crippen LogP) is 2.46. The maximum atomic E-state index is 5.61. The fraction of sp³-hybridized carbons (Fsp3) is 0.636. The molecule has 0 aromatic carbocycles. The van der Waals surface area contributed by atoms with Crippen molar-refractivity contribution in [3.05, 3.63) is 23.0 Å². The number of halogens is 1. The van der Waals surface area contributed by atoms with Gasteiger partial charge < -0.3 is 9.47 Å². The summed E-state index contributed by atoms with van der Waals surface area (Å²) in [5.74, 6) is 0. The van der Waals surface area contributed by atoms with E-state index < -0.39 is 0 Å². The fourth-order valence-corrected chi connectivity index (χ4v) is 1.10. The predicted molar refractivity (Wildman–Crippen MR) is 62.4 cm³/mol. The Morgan fingerprint density at radius 3 is 2.50 bits per heavy atom. The summed E-state index contributed by atoms with van der Waals surface area (Å²) < 4.78 is 10.9. The minimum Gasteiger partial charge on any atom is -0.373 e. The molecule has 90 valence electrons. The Hall–Kier alpha value is -0.710. The molecule has 1 rings (SSSR count). The highest BCUT2D eigenvalue weighted by Gasteiger charge is 2.08. The summed E-state index contributed by atoms with van der Waals surface area (Å²) >= 11 is 5.61. The van der Waals surface area contributed by atoms with Gasteiger partial charge in [-0.25, -0.2) is 0 Å². The molecule has 0 amide bonds. The molecule has 0 radical (unpaired) electrons. The molecule has 0 unspecified atom stereocenters. The first-order valence-electron chi connectivity index (χ1n) is 5.17. The number of aromatic nitrogens is 2. The summed E-state index contributed by atoms with van der Waals surface area (Å²) in [7, 11) is 0. The first-order valence-corrected chi connectivity index (χ1v) is 5.55. The summed E-state index contributed by atoms with van der Waals surface area (Å²) in [6.07, 6.45) is 0. The molecule has 0 spiro atoms. The Morgan fingerprint density at radius 2 is 1.94 bits per heavy atom. The molecule has 16 heavy (non-hydrogen) atoms. The lowest BCUT2D eigenvalue weighted by molar-refractivity contribution is -0.0381. The SMILES string of the molecule is CC(C)(C)OCCOCc1ccc(Cl)nn1. The molecule has 0 aliphatic heterocycles. The highest BCUT2D eigenvalue weighted by molar-refractivity contribution is 6.29. The molecule has 0 fully saturated rings. The van der Waals surface area contributed by atoms with E-state index in [9.17, 15) is 0 Å². The van der Waals surface area contributed by atoms with Crippen molar-refractivity contribution in [1.29, 1.82) is 0 Å². The first-order chi connectivity index (χ1) is 7.47. The van der Waals surface area contributed by atoms with Crippen molar-refractivity contribution >= 4 is 11.6 Å². The van der Waals surface area contributed by atoms with Crippen molar-refractivity contribution in [2.45, 2.75) is 33.0 Å². The number of hydrogen-bond donors (Lipinski definition) is 0. The van der Waals surface area contributed by atoms with Crippen LogP contribution in [0, 0.1) is 0 Å². The van der Waals surface area contributed by atoms with E-state index >= 15 is 0 Å². The van der Waals surface area contributed by atoms with Crippen LogP contribution in [-0.4, -0.2) is 29.0 Å². The molecule has 0 saturated carbocycles. The van der Waals surface area contributed by atoms with Gasteiger partial charge in [-0.1, -0.05) is 11.6 Å². The molecule has 1 heterocycles. The largest absolute Gasteiger partial charge is 0.373 e. The molecule has 4 nitrogen and oxygen atoms in total. The van der Waals surface area contributed by atoms with Crippen LogP contribution in [0.2, 0.25) is 5.15 Å². The van der Waals surface area contributed by atoms with Crippen LogP contribution < -0.4 is 0 Å². The lowest BCUT2D eigenvalue weighted by Crippen LogP contribution is -2.21. The van der Waals surface area contributed by atoms with Crippen LogP contribution in [0.3, 0.4) is 0 Å². The van der Waals surface area contributed by atoms with E-state index in [0.717, 1.165) is 5.69 Å². The number of ether oxygens (including phenoxy) is 2. The summed E-state index contributed by atoms with van der Waals surface area (Å²) in [5, 5.41) is 7.99. The van der Waals surface area contributed by atoms with Crippen LogP contribution in [0.15, 0.2) is 12.1 Å². The van der Waals surface area contributed by atoms with Gasteiger partial charge in [0.05, 0.1) is 31.1 Å². The van der Waals surface area contributed by atoms with Gasteiger partial charge in [0.1, 0.15) is 0 Å². The van der Waals surface area contributed by atoms with Gasteiger partial charge >= 0.3 is 0 Å². The second-order valence-corrected chi connectivity index (χ2v) is 4.75. The molecular formula is C11H17ClN2O2. The van der Waals surface area contributed by atoms with E-state index in [2.05, 4.69) is 10.2 Å². The Balaban J connectivity index is 2.14. The monoisotopic (exact) mass is 244 g/mol. The van der Waals surface area contributed by atoms with E-state index in [1.807, 2.05) is 20.8 Å². The Morgan fingerprint density at radius 1 is 1.19 bits per heavy atom. The van der Waals surface area contributed by atoms with Gasteiger partial charge in [0, 0.05) is 0 Å². The van der Waals surface area contributed by atoms with Gasteiger partial charge in [-0.05, 0) is 32.9 Å². The van der Waals surface area contributed by atoms with Crippen LogP contribution in [0.1, 0.15) is 26.5 Å². The lowest BCUT2D eigenvalue weighted by Gasteiger charge is -2.19. The van der Waals surface area contributed by atoms with Gasteiger partial charge in [-0.3, -0.25) is 0 Å².